The van der Waals surface area contributed by atoms with Crippen molar-refractivity contribution in [1.82, 2.24) is 4.98 Å². The summed E-state index contributed by atoms with van der Waals surface area (Å²) in [7, 11) is 0. The van der Waals surface area contributed by atoms with Crippen molar-refractivity contribution < 1.29 is 4.74 Å². The van der Waals surface area contributed by atoms with E-state index >= 15 is 0 Å². The molecule has 0 aliphatic heterocycles. The van der Waals surface area contributed by atoms with E-state index in [1.165, 1.54) is 0 Å². The zero-order valence-electron chi connectivity index (χ0n) is 8.39. The predicted molar refractivity (Wildman–Crippen MR) is 55.2 cm³/mol. The fourth-order valence-corrected chi connectivity index (χ4v) is 1.83. The van der Waals surface area contributed by atoms with E-state index in [0.717, 1.165) is 19.3 Å². The number of nitrogens with two attached hydrogens (primary N) is 1. The number of hydrogen-bond donors (Lipinski definition) is 1. The molecule has 1 aromatic rings. The predicted octanol–water partition coefficient (Wildman–Crippen LogP) is 1.21. The highest BCUT2D eigenvalue weighted by Gasteiger charge is 2.23. The van der Waals surface area contributed by atoms with Crippen LogP contribution in [-0.4, -0.2) is 17.1 Å². The van der Waals surface area contributed by atoms with Gasteiger partial charge in [0.2, 0.25) is 0 Å². The van der Waals surface area contributed by atoms with Crippen LogP contribution in [0.5, 0.6) is 5.75 Å². The molecule has 1 aromatic heterocycles. The molecule has 1 saturated carbocycles. The van der Waals surface area contributed by atoms with Crippen molar-refractivity contribution in [3.05, 3.63) is 24.0 Å². The van der Waals surface area contributed by atoms with E-state index in [2.05, 4.69) is 11.1 Å². The Kier molecular flexibility index (Phi) is 2.84. The van der Waals surface area contributed by atoms with Gasteiger partial charge < -0.3 is 10.5 Å². The molecule has 4 heteroatoms. The Morgan fingerprint density at radius 2 is 2.40 bits per heavy atom. The van der Waals surface area contributed by atoms with Crippen LogP contribution in [0.3, 0.4) is 0 Å². The average Bonchev–Trinajstić information content (AvgIpc) is 2.65. The second-order valence-corrected chi connectivity index (χ2v) is 3.80. The Balaban J connectivity index is 2.08. The first-order valence-electron chi connectivity index (χ1n) is 5.06. The summed E-state index contributed by atoms with van der Waals surface area (Å²) in [5.74, 6) is 0.569. The van der Waals surface area contributed by atoms with Crippen LogP contribution < -0.4 is 10.5 Å². The first kappa shape index (κ1) is 9.94. The summed E-state index contributed by atoms with van der Waals surface area (Å²) in [6.07, 6.45) is 6.12. The molecule has 2 N–H and O–H groups in total. The van der Waals surface area contributed by atoms with Gasteiger partial charge in [0, 0.05) is 12.2 Å². The lowest BCUT2D eigenvalue weighted by Gasteiger charge is -2.13. The lowest BCUT2D eigenvalue weighted by atomic mass is 10.2. The van der Waals surface area contributed by atoms with Crippen LogP contribution in [0.2, 0.25) is 0 Å². The van der Waals surface area contributed by atoms with Crippen LogP contribution in [0.15, 0.2) is 18.5 Å². The maximum Gasteiger partial charge on any atom is 0.155 e. The molecule has 1 aliphatic rings. The van der Waals surface area contributed by atoms with Gasteiger partial charge in [-0.15, -0.1) is 0 Å². The average molecular weight is 203 g/mol. The molecule has 0 radical (unpaired) electrons. The molecule has 1 fully saturated rings. The minimum atomic E-state index is 0.135. The molecule has 2 rings (SSSR count). The highest BCUT2D eigenvalue weighted by molar-refractivity contribution is 5.40. The second-order valence-electron chi connectivity index (χ2n) is 3.80. The van der Waals surface area contributed by atoms with Crippen molar-refractivity contribution in [3.8, 4) is 11.8 Å². The summed E-state index contributed by atoms with van der Waals surface area (Å²) < 4.78 is 5.70. The summed E-state index contributed by atoms with van der Waals surface area (Å²) in [5.41, 5.74) is 6.32. The number of nitrogens with zero attached hydrogens (tertiary/aromatic N) is 2. The Morgan fingerprint density at radius 1 is 1.53 bits per heavy atom. The molecule has 0 spiro atoms. The van der Waals surface area contributed by atoms with Crippen molar-refractivity contribution in [2.45, 2.75) is 31.4 Å². The van der Waals surface area contributed by atoms with E-state index in [-0.39, 0.29) is 12.1 Å². The standard InChI is InChI=1S/C11H13N3O/c12-6-8-3-4-14-7-11(8)15-10-2-1-9(13)5-10/h3-4,7,9-10H,1-2,5,13H2. The molecule has 0 bridgehead atoms. The molecule has 0 aromatic carbocycles. The van der Waals surface area contributed by atoms with Crippen LogP contribution in [-0.2, 0) is 0 Å². The largest absolute Gasteiger partial charge is 0.487 e. The number of aromatic nitrogens is 1. The number of pyridine rings is 1. The maximum absolute atomic E-state index is 8.86. The minimum Gasteiger partial charge on any atom is -0.487 e. The third kappa shape index (κ3) is 2.25. The van der Waals surface area contributed by atoms with Gasteiger partial charge in [0.15, 0.2) is 5.75 Å². The number of hydrogen-bond acceptors (Lipinski definition) is 4. The SMILES string of the molecule is N#Cc1ccncc1OC1CCC(N)C1. The minimum absolute atomic E-state index is 0.135. The van der Waals surface area contributed by atoms with Gasteiger partial charge in [-0.25, -0.2) is 0 Å². The highest BCUT2D eigenvalue weighted by atomic mass is 16.5. The second kappa shape index (κ2) is 4.28. The van der Waals surface area contributed by atoms with Gasteiger partial charge in [0.1, 0.15) is 12.2 Å². The quantitative estimate of drug-likeness (QED) is 0.784. The van der Waals surface area contributed by atoms with Crippen molar-refractivity contribution in [1.29, 1.82) is 5.26 Å². The van der Waals surface area contributed by atoms with Crippen LogP contribution in [0.4, 0.5) is 0 Å². The molecule has 2 unspecified atom stereocenters. The number of rotatable bonds is 2. The van der Waals surface area contributed by atoms with Gasteiger partial charge in [0.05, 0.1) is 11.8 Å². The number of ether oxygens (including phenoxy) is 1. The fraction of sp³-hybridized carbons (Fsp3) is 0.455. The molecule has 15 heavy (non-hydrogen) atoms. The molecule has 4 nitrogen and oxygen atoms in total. The molecule has 1 heterocycles. The molecule has 0 amide bonds. The van der Waals surface area contributed by atoms with Gasteiger partial charge >= 0.3 is 0 Å². The Labute approximate surface area is 88.7 Å². The maximum atomic E-state index is 8.86. The Bertz CT molecular complexity index is 386. The van der Waals surface area contributed by atoms with Crippen molar-refractivity contribution >= 4 is 0 Å². The highest BCUT2D eigenvalue weighted by Crippen LogP contribution is 2.25. The summed E-state index contributed by atoms with van der Waals surface area (Å²) in [6, 6.07) is 3.97. The van der Waals surface area contributed by atoms with Crippen molar-refractivity contribution in [3.63, 3.8) is 0 Å². The van der Waals surface area contributed by atoms with Crippen LogP contribution >= 0.6 is 0 Å². The van der Waals surface area contributed by atoms with E-state index < -0.39 is 0 Å². The molecular weight excluding hydrogens is 190 g/mol. The van der Waals surface area contributed by atoms with Gasteiger partial charge in [-0.1, -0.05) is 0 Å². The topological polar surface area (TPSA) is 71.9 Å². The van der Waals surface area contributed by atoms with Gasteiger partial charge in [-0.3, -0.25) is 4.98 Å². The molecule has 0 saturated heterocycles. The Morgan fingerprint density at radius 3 is 3.07 bits per heavy atom. The van der Waals surface area contributed by atoms with Crippen molar-refractivity contribution in [2.75, 3.05) is 0 Å². The summed E-state index contributed by atoms with van der Waals surface area (Å²) in [5, 5.41) is 8.86. The normalized spacial score (nSPS) is 24.8. The molecule has 2 atom stereocenters. The molecule has 78 valence electrons. The lowest BCUT2D eigenvalue weighted by molar-refractivity contribution is 0.207. The first-order valence-corrected chi connectivity index (χ1v) is 5.06. The van der Waals surface area contributed by atoms with Crippen molar-refractivity contribution in [2.24, 2.45) is 5.73 Å². The van der Waals surface area contributed by atoms with E-state index in [1.54, 1.807) is 18.5 Å². The van der Waals surface area contributed by atoms with E-state index in [9.17, 15) is 0 Å². The first-order chi connectivity index (χ1) is 7.29. The van der Waals surface area contributed by atoms with E-state index in [0.29, 0.717) is 11.3 Å². The Hall–Kier alpha value is -1.60. The zero-order valence-corrected chi connectivity index (χ0v) is 8.39. The van der Waals surface area contributed by atoms with E-state index in [4.69, 9.17) is 15.7 Å². The summed E-state index contributed by atoms with van der Waals surface area (Å²) in [4.78, 5) is 3.95. The zero-order chi connectivity index (χ0) is 10.7. The van der Waals surface area contributed by atoms with Gasteiger partial charge in [-0.2, -0.15) is 5.26 Å². The third-order valence-corrected chi connectivity index (χ3v) is 2.62. The monoisotopic (exact) mass is 203 g/mol. The summed E-state index contributed by atoms with van der Waals surface area (Å²) in [6.45, 7) is 0. The lowest BCUT2D eigenvalue weighted by Crippen LogP contribution is -2.19. The van der Waals surface area contributed by atoms with Crippen LogP contribution in [0, 0.1) is 11.3 Å². The van der Waals surface area contributed by atoms with Gasteiger partial charge in [0.25, 0.3) is 0 Å². The summed E-state index contributed by atoms with van der Waals surface area (Å²) >= 11 is 0. The van der Waals surface area contributed by atoms with Gasteiger partial charge in [-0.05, 0) is 25.3 Å². The fourth-order valence-electron chi connectivity index (χ4n) is 1.83. The smallest absolute Gasteiger partial charge is 0.155 e. The van der Waals surface area contributed by atoms with Crippen LogP contribution in [0.1, 0.15) is 24.8 Å². The van der Waals surface area contributed by atoms with Crippen LogP contribution in [0.25, 0.3) is 0 Å². The molecule has 1 aliphatic carbocycles. The van der Waals surface area contributed by atoms with E-state index in [1.807, 2.05) is 0 Å². The molecular formula is C11H13N3O. The third-order valence-electron chi connectivity index (χ3n) is 2.62. The number of nitriles is 1.